The zero-order chi connectivity index (χ0) is 51.6. The third-order valence-electron chi connectivity index (χ3n) is 14.2. The Morgan fingerprint density at radius 1 is 0.395 bits per heavy atom. The van der Waals surface area contributed by atoms with Crippen LogP contribution in [0.1, 0.15) is 46.7 Å². The van der Waals surface area contributed by atoms with Crippen molar-refractivity contribution in [1.82, 2.24) is 0 Å². The first-order valence-electron chi connectivity index (χ1n) is 25.7. The highest BCUT2D eigenvalue weighted by Crippen LogP contribution is 2.44. The maximum atomic E-state index is 7.44. The minimum absolute atomic E-state index is 0.0688. The average molecular weight is 1040 g/mol. The molecule has 6 aliphatic rings. The molecule has 0 amide bonds. The highest BCUT2D eigenvalue weighted by atomic mass is 16.8. The van der Waals surface area contributed by atoms with E-state index in [0.717, 1.165) is 27.8 Å². The van der Waals surface area contributed by atoms with Gasteiger partial charge in [-0.2, -0.15) is 0 Å². The lowest BCUT2D eigenvalue weighted by Gasteiger charge is -2.54. The second kappa shape index (κ2) is 25.4. The van der Waals surface area contributed by atoms with Crippen LogP contribution in [0.25, 0.3) is 0 Å². The Kier molecular flexibility index (Phi) is 17.6. The maximum absolute atomic E-state index is 7.44. The van der Waals surface area contributed by atoms with E-state index < -0.39 is 111 Å². The second-order valence-electron chi connectivity index (χ2n) is 19.1. The average Bonchev–Trinajstić information content (AvgIpc) is 3.54. The molecule has 5 aromatic carbocycles. The third kappa shape index (κ3) is 12.0. The van der Waals surface area contributed by atoms with E-state index in [9.17, 15) is 0 Å². The minimum atomic E-state index is -1.25. The van der Waals surface area contributed by atoms with Crippen molar-refractivity contribution < 1.29 is 75.8 Å². The molecule has 0 saturated carbocycles. The van der Waals surface area contributed by atoms with Gasteiger partial charge in [0.1, 0.15) is 86.5 Å². The van der Waals surface area contributed by atoms with E-state index in [1.165, 1.54) is 7.11 Å². The summed E-state index contributed by atoms with van der Waals surface area (Å²) >= 11 is 0. The summed E-state index contributed by atoms with van der Waals surface area (Å²) in [4.78, 5) is 0. The Hall–Kier alpha value is -5.42. The van der Waals surface area contributed by atoms with Crippen LogP contribution in [0.4, 0.5) is 0 Å². The van der Waals surface area contributed by atoms with E-state index in [1.807, 2.05) is 152 Å². The van der Waals surface area contributed by atoms with Crippen LogP contribution in [0, 0.1) is 24.7 Å². The molecule has 11 rings (SSSR count). The number of rotatable bonds is 18. The molecule has 16 heteroatoms. The van der Waals surface area contributed by atoms with Gasteiger partial charge in [-0.3, -0.25) is 0 Å². The van der Waals surface area contributed by atoms with Gasteiger partial charge in [-0.25, -0.2) is 0 Å². The lowest BCUT2D eigenvalue weighted by molar-refractivity contribution is -0.425. The Morgan fingerprint density at radius 2 is 0.724 bits per heavy atom. The fourth-order valence-electron chi connectivity index (χ4n) is 10.5. The lowest BCUT2D eigenvalue weighted by Crippen LogP contribution is -2.69. The normalized spacial score (nSPS) is 35.1. The van der Waals surface area contributed by atoms with Gasteiger partial charge in [0.05, 0.1) is 33.0 Å². The lowest BCUT2D eigenvalue weighted by atomic mass is 9.94. The van der Waals surface area contributed by atoms with Crippen LogP contribution in [0.5, 0.6) is 0 Å². The molecule has 0 unspecified atom stereocenters. The van der Waals surface area contributed by atoms with E-state index >= 15 is 0 Å². The highest BCUT2D eigenvalue weighted by Gasteiger charge is 2.60. The molecule has 6 saturated heterocycles. The molecule has 0 aliphatic carbocycles. The van der Waals surface area contributed by atoms with Gasteiger partial charge in [0.25, 0.3) is 0 Å². The van der Waals surface area contributed by atoms with Crippen LogP contribution in [0.2, 0.25) is 0 Å². The monoisotopic (exact) mass is 1040 g/mol. The fraction of sp³-hybridized carbons (Fsp3) is 0.433. The van der Waals surface area contributed by atoms with E-state index in [1.54, 1.807) is 0 Å². The van der Waals surface area contributed by atoms with Crippen molar-refractivity contribution in [2.75, 3.05) is 40.1 Å². The van der Waals surface area contributed by atoms with Crippen molar-refractivity contribution in [1.29, 1.82) is 0 Å². The Balaban J connectivity index is 0.971. The van der Waals surface area contributed by atoms with Crippen LogP contribution < -0.4 is 0 Å². The number of hydrogen-bond acceptors (Lipinski definition) is 16. The van der Waals surface area contributed by atoms with Crippen molar-refractivity contribution in [3.05, 3.63) is 179 Å². The summed E-state index contributed by atoms with van der Waals surface area (Å²) in [5, 5.41) is 0. The third-order valence-corrected chi connectivity index (χ3v) is 14.2. The second-order valence-corrected chi connectivity index (χ2v) is 19.1. The van der Waals surface area contributed by atoms with Crippen molar-refractivity contribution in [2.24, 2.45) is 0 Å². The topological polar surface area (TPSA) is 148 Å². The van der Waals surface area contributed by atoms with Gasteiger partial charge in [0, 0.05) is 23.8 Å². The van der Waals surface area contributed by atoms with Gasteiger partial charge in [-0.05, 0) is 11.1 Å². The molecule has 6 aliphatic heterocycles. The highest BCUT2D eigenvalue weighted by molar-refractivity contribution is 5.20. The molecule has 0 radical (unpaired) electrons. The molecule has 0 aromatic heterocycles. The van der Waals surface area contributed by atoms with Crippen molar-refractivity contribution >= 4 is 0 Å². The summed E-state index contributed by atoms with van der Waals surface area (Å²) in [6, 6.07) is 48.8. The van der Waals surface area contributed by atoms with Crippen LogP contribution in [0.15, 0.2) is 152 Å². The van der Waals surface area contributed by atoms with E-state index in [0.29, 0.717) is 0 Å². The summed E-state index contributed by atoms with van der Waals surface area (Å²) in [6.45, 7) is 0.503. The molecule has 0 spiro atoms. The van der Waals surface area contributed by atoms with E-state index in [2.05, 4.69) is 11.8 Å². The number of methoxy groups -OCH3 is 1. The zero-order valence-corrected chi connectivity index (χ0v) is 42.0. The predicted octanol–water partition coefficient (Wildman–Crippen LogP) is 7.13. The van der Waals surface area contributed by atoms with Crippen molar-refractivity contribution in [3.8, 4) is 24.7 Å². The van der Waals surface area contributed by atoms with Crippen molar-refractivity contribution in [3.63, 3.8) is 0 Å². The standard InChI is InChI=1S/C60H62O16/c1-4-31-62-53-50(47-44(69-58(53)61-3)36-67-56(73-47)41-27-17-9-18-28-41)75-60-54(63-32-5-2)51(48-45(71-60)37-68-57(74-48)42-29-19-10-20-30-42)76-59-52(65-34-39-23-13-7-14-24-39)49(64-33-38-21-11-6-12-22-38)46-43(70-59)35-66-55(72-46)40-25-15-8-16-26-40/h1-2,6-30,43-60H,31-37H2,3H3/t43-,44-,45-,46-,47-,48-,49+,50+,51+,52+,53+,54+,55-,56-,57-,58-,59+,60+/m1/s1. The smallest absolute Gasteiger partial charge is 0.187 e. The van der Waals surface area contributed by atoms with Crippen LogP contribution >= 0.6 is 0 Å². The van der Waals surface area contributed by atoms with Crippen LogP contribution in [-0.4, -0.2) is 132 Å². The first kappa shape index (κ1) is 52.6. The summed E-state index contributed by atoms with van der Waals surface area (Å²) < 4.78 is 108. The molecule has 0 bridgehead atoms. The van der Waals surface area contributed by atoms with Gasteiger partial charge in [-0.15, -0.1) is 12.8 Å². The quantitative estimate of drug-likeness (QED) is 0.0820. The molecular formula is C60H62O16. The molecule has 16 nitrogen and oxygen atoms in total. The molecular weight excluding hydrogens is 977 g/mol. The zero-order valence-electron chi connectivity index (χ0n) is 42.0. The SMILES string of the molecule is C#CCO[C@@H]1[C@H](OC)O[C@@H]2CO[C@@H](c3ccccc3)O[C@H]2[C@@H]1O[C@@H]1O[C@@H]2CO[C@@H](c3ccccc3)O[C@H]2[C@H](O[C@@H]2O[C@@H]3CO[C@@H](c4ccccc4)O[C@H]3[C@H](OCc3ccccc3)[C@@H]2OCc2ccccc2)[C@@H]1OCC#C. The maximum Gasteiger partial charge on any atom is 0.187 e. The van der Waals surface area contributed by atoms with Crippen LogP contribution in [0.3, 0.4) is 0 Å². The number of benzene rings is 5. The predicted molar refractivity (Wildman–Crippen MR) is 270 cm³/mol. The fourth-order valence-corrected chi connectivity index (χ4v) is 10.5. The number of terminal acetylenes is 2. The summed E-state index contributed by atoms with van der Waals surface area (Å²) in [5.41, 5.74) is 4.31. The largest absolute Gasteiger partial charge is 0.368 e. The number of fused-ring (bicyclic) bond motifs is 3. The Bertz CT molecular complexity index is 2640. The van der Waals surface area contributed by atoms with Gasteiger partial charge in [-0.1, -0.05) is 164 Å². The molecule has 6 fully saturated rings. The van der Waals surface area contributed by atoms with Crippen LogP contribution in [-0.2, 0) is 89.0 Å². The summed E-state index contributed by atoms with van der Waals surface area (Å²) in [5.74, 6) is 5.21. The molecule has 18 atom stereocenters. The van der Waals surface area contributed by atoms with Gasteiger partial charge in [0.15, 0.2) is 37.7 Å². The van der Waals surface area contributed by atoms with Crippen molar-refractivity contribution in [2.45, 2.75) is 124 Å². The van der Waals surface area contributed by atoms with Gasteiger partial charge >= 0.3 is 0 Å². The first-order valence-corrected chi connectivity index (χ1v) is 25.7. The van der Waals surface area contributed by atoms with Gasteiger partial charge in [0.2, 0.25) is 0 Å². The molecule has 6 heterocycles. The Labute approximate surface area is 442 Å². The number of hydrogen-bond donors (Lipinski definition) is 0. The van der Waals surface area contributed by atoms with E-state index in [-0.39, 0.29) is 46.2 Å². The molecule has 398 valence electrons. The first-order chi connectivity index (χ1) is 37.5. The van der Waals surface area contributed by atoms with E-state index in [4.69, 9.17) is 88.6 Å². The summed E-state index contributed by atoms with van der Waals surface area (Å²) in [6.07, 6.45) is -4.13. The van der Waals surface area contributed by atoms with Gasteiger partial charge < -0.3 is 75.8 Å². The molecule has 76 heavy (non-hydrogen) atoms. The number of ether oxygens (including phenoxy) is 16. The molecule has 5 aromatic rings. The minimum Gasteiger partial charge on any atom is -0.368 e. The molecule has 0 N–H and O–H groups in total. The summed E-state index contributed by atoms with van der Waals surface area (Å²) in [7, 11) is 1.52. The Morgan fingerprint density at radius 3 is 1.11 bits per heavy atom.